The van der Waals surface area contributed by atoms with Gasteiger partial charge in [-0.15, -0.1) is 0 Å². The molecule has 4 heterocycles. The summed E-state index contributed by atoms with van der Waals surface area (Å²) >= 11 is 0. The van der Waals surface area contributed by atoms with Gasteiger partial charge in [-0.3, -0.25) is 4.79 Å². The molecule has 0 saturated carbocycles. The number of amides is 1. The second kappa shape index (κ2) is 12.9. The molecule has 3 N–H and O–H groups in total. The molecule has 43 heavy (non-hydrogen) atoms. The fourth-order valence-corrected chi connectivity index (χ4v) is 6.35. The smallest absolute Gasteiger partial charge is 0.267 e. The molecule has 10 nitrogen and oxygen atoms in total. The zero-order valence-corrected chi connectivity index (χ0v) is 25.2. The molecule has 1 amide bonds. The third-order valence-electron chi connectivity index (χ3n) is 9.00. The first-order valence-electron chi connectivity index (χ1n) is 15.2. The van der Waals surface area contributed by atoms with Crippen LogP contribution in [0.1, 0.15) is 42.2 Å². The van der Waals surface area contributed by atoms with Crippen LogP contribution in [0.4, 0.5) is 0 Å². The largest absolute Gasteiger partial charge is 0.496 e. The number of nitrogens with zero attached hydrogens (tertiary/aromatic N) is 2. The highest BCUT2D eigenvalue weighted by Crippen LogP contribution is 2.36. The molecule has 0 radical (unpaired) electrons. The van der Waals surface area contributed by atoms with Crippen molar-refractivity contribution in [1.82, 2.24) is 20.1 Å². The van der Waals surface area contributed by atoms with E-state index < -0.39 is 0 Å². The molecule has 0 bridgehead atoms. The predicted molar refractivity (Wildman–Crippen MR) is 165 cm³/mol. The van der Waals surface area contributed by atoms with Gasteiger partial charge in [-0.1, -0.05) is 13.0 Å². The number of methoxy groups -OCH3 is 2. The summed E-state index contributed by atoms with van der Waals surface area (Å²) in [5.41, 5.74) is 2.89. The van der Waals surface area contributed by atoms with E-state index in [2.05, 4.69) is 27.0 Å². The van der Waals surface area contributed by atoms with Crippen molar-refractivity contribution in [3.05, 3.63) is 53.9 Å². The quantitative estimate of drug-likeness (QED) is 0.249. The molecule has 0 aliphatic carbocycles. The van der Waals surface area contributed by atoms with E-state index in [1.165, 1.54) is 0 Å². The Balaban J connectivity index is 1.04. The van der Waals surface area contributed by atoms with Crippen LogP contribution in [0.3, 0.4) is 0 Å². The van der Waals surface area contributed by atoms with Gasteiger partial charge in [0.25, 0.3) is 5.91 Å². The monoisotopic (exact) mass is 590 g/mol. The number of benzene rings is 2. The van der Waals surface area contributed by atoms with Gasteiger partial charge in [0.15, 0.2) is 0 Å². The molecule has 2 aliphatic rings. The number of rotatable bonds is 10. The maximum atomic E-state index is 13.2. The maximum Gasteiger partial charge on any atom is 0.267 e. The van der Waals surface area contributed by atoms with Crippen LogP contribution in [0.5, 0.6) is 17.2 Å². The zero-order valence-electron chi connectivity index (χ0n) is 25.2. The zero-order chi connectivity index (χ0) is 29.9. The van der Waals surface area contributed by atoms with Gasteiger partial charge in [-0.2, -0.15) is 0 Å². The number of aromatic amines is 1. The van der Waals surface area contributed by atoms with Gasteiger partial charge in [-0.25, -0.2) is 0 Å². The number of aromatic nitrogens is 1. The number of nitrogens with one attached hydrogen (secondary N) is 2. The van der Waals surface area contributed by atoms with Crippen LogP contribution in [0.15, 0.2) is 47.1 Å². The molecule has 0 spiro atoms. The SMILES string of the molecule is COc1cc(OC)c2c(COc3cccc4[nH]c(C(=O)NC5CCN(CCN6CC[C@H](O)C(C)C6)CC5)cc34)coc2c1. The summed E-state index contributed by atoms with van der Waals surface area (Å²) in [5, 5.41) is 14.9. The molecular weight excluding hydrogens is 548 g/mol. The average molecular weight is 591 g/mol. The second-order valence-corrected chi connectivity index (χ2v) is 11.9. The number of hydrogen-bond acceptors (Lipinski definition) is 8. The Kier molecular flexibility index (Phi) is 8.78. The lowest BCUT2D eigenvalue weighted by Gasteiger charge is -2.37. The number of aliphatic hydroxyl groups is 1. The summed E-state index contributed by atoms with van der Waals surface area (Å²) in [5.74, 6) is 2.24. The number of piperidine rings is 2. The molecule has 6 rings (SSSR count). The van der Waals surface area contributed by atoms with Crippen LogP contribution < -0.4 is 19.5 Å². The lowest BCUT2D eigenvalue weighted by Crippen LogP contribution is -2.48. The van der Waals surface area contributed by atoms with Crippen molar-refractivity contribution in [3.63, 3.8) is 0 Å². The number of fused-ring (bicyclic) bond motifs is 2. The molecule has 2 aliphatic heterocycles. The molecule has 4 aromatic rings. The van der Waals surface area contributed by atoms with E-state index in [0.717, 1.165) is 80.4 Å². The first-order valence-corrected chi connectivity index (χ1v) is 15.2. The van der Waals surface area contributed by atoms with Gasteiger partial charge in [0, 0.05) is 73.9 Å². The van der Waals surface area contributed by atoms with Crippen molar-refractivity contribution in [1.29, 1.82) is 0 Å². The minimum atomic E-state index is -0.162. The van der Waals surface area contributed by atoms with E-state index in [4.69, 9.17) is 18.6 Å². The van der Waals surface area contributed by atoms with Crippen molar-refractivity contribution in [2.24, 2.45) is 5.92 Å². The van der Waals surface area contributed by atoms with E-state index in [9.17, 15) is 9.90 Å². The van der Waals surface area contributed by atoms with Crippen LogP contribution in [-0.2, 0) is 6.61 Å². The second-order valence-electron chi connectivity index (χ2n) is 11.9. The lowest BCUT2D eigenvalue weighted by atomic mass is 9.97. The molecule has 2 saturated heterocycles. The van der Waals surface area contributed by atoms with Gasteiger partial charge >= 0.3 is 0 Å². The third kappa shape index (κ3) is 6.46. The standard InChI is InChI=1S/C33H42N4O6/c1-21-18-37(12-9-28(21)38)14-13-36-10-7-23(8-11-36)34-33(39)27-17-25-26(35-27)5-4-6-29(25)42-19-22-20-43-31-16-24(40-2)15-30(41-3)32(22)31/h4-6,15-17,20-21,23,28,35,38H,7-14,18-19H2,1-3H3,(H,34,39)/t21?,28-/m0/s1. The highest BCUT2D eigenvalue weighted by Gasteiger charge is 2.26. The number of likely N-dealkylation sites (tertiary alicyclic amines) is 2. The Labute approximate surface area is 251 Å². The van der Waals surface area contributed by atoms with Crippen LogP contribution >= 0.6 is 0 Å². The van der Waals surface area contributed by atoms with Crippen molar-refractivity contribution in [2.45, 2.75) is 44.9 Å². The molecule has 2 fully saturated rings. The van der Waals surface area contributed by atoms with E-state index in [1.54, 1.807) is 20.5 Å². The fourth-order valence-electron chi connectivity index (χ4n) is 6.35. The minimum Gasteiger partial charge on any atom is -0.496 e. The summed E-state index contributed by atoms with van der Waals surface area (Å²) in [6.45, 7) is 8.36. The minimum absolute atomic E-state index is 0.0963. The van der Waals surface area contributed by atoms with Gasteiger partial charge < -0.3 is 43.8 Å². The third-order valence-corrected chi connectivity index (χ3v) is 9.00. The Bertz CT molecular complexity index is 1560. The highest BCUT2D eigenvalue weighted by atomic mass is 16.5. The van der Waals surface area contributed by atoms with Crippen LogP contribution in [0.25, 0.3) is 21.9 Å². The number of hydrogen-bond donors (Lipinski definition) is 3. The van der Waals surface area contributed by atoms with E-state index in [-0.39, 0.29) is 24.7 Å². The molecular formula is C33H42N4O6. The van der Waals surface area contributed by atoms with E-state index >= 15 is 0 Å². The van der Waals surface area contributed by atoms with E-state index in [0.29, 0.717) is 34.4 Å². The average Bonchev–Trinajstić information content (AvgIpc) is 3.66. The maximum absolute atomic E-state index is 13.2. The van der Waals surface area contributed by atoms with Crippen LogP contribution in [0.2, 0.25) is 0 Å². The topological polar surface area (TPSA) is 112 Å². The number of carbonyl (C=O) groups excluding carboxylic acids is 1. The molecule has 2 aromatic heterocycles. The molecule has 10 heteroatoms. The summed E-state index contributed by atoms with van der Waals surface area (Å²) in [6, 6.07) is 11.4. The number of aliphatic hydroxyl groups excluding tert-OH is 1. The first kappa shape index (κ1) is 29.3. The number of carbonyl (C=O) groups is 1. The van der Waals surface area contributed by atoms with E-state index in [1.807, 2.05) is 36.4 Å². The molecule has 2 aromatic carbocycles. The summed E-state index contributed by atoms with van der Waals surface area (Å²) in [6.07, 6.45) is 4.24. The molecule has 2 atom stereocenters. The number of furan rings is 1. The summed E-state index contributed by atoms with van der Waals surface area (Å²) < 4.78 is 22.9. The first-order chi connectivity index (χ1) is 20.9. The van der Waals surface area contributed by atoms with Crippen molar-refractivity contribution < 1.29 is 28.5 Å². The van der Waals surface area contributed by atoms with Gasteiger partial charge in [0.05, 0.1) is 32.0 Å². The van der Waals surface area contributed by atoms with Crippen molar-refractivity contribution >= 4 is 27.8 Å². The van der Waals surface area contributed by atoms with Gasteiger partial charge in [0.1, 0.15) is 35.1 Å². The van der Waals surface area contributed by atoms with Crippen molar-refractivity contribution in [3.8, 4) is 17.2 Å². The van der Waals surface area contributed by atoms with Crippen LogP contribution in [-0.4, -0.2) is 91.4 Å². The number of ether oxygens (including phenoxy) is 3. The van der Waals surface area contributed by atoms with Crippen molar-refractivity contribution in [2.75, 3.05) is 53.5 Å². The number of H-pyrrole nitrogens is 1. The Hall–Kier alpha value is -3.73. The highest BCUT2D eigenvalue weighted by molar-refractivity contribution is 5.99. The fraction of sp³-hybridized carbons (Fsp3) is 0.485. The molecule has 1 unspecified atom stereocenters. The Morgan fingerprint density at radius 2 is 1.84 bits per heavy atom. The Morgan fingerprint density at radius 3 is 2.60 bits per heavy atom. The lowest BCUT2D eigenvalue weighted by molar-refractivity contribution is 0.0301. The predicted octanol–water partition coefficient (Wildman–Crippen LogP) is 4.41. The van der Waals surface area contributed by atoms with Gasteiger partial charge in [0.2, 0.25) is 0 Å². The van der Waals surface area contributed by atoms with Gasteiger partial charge in [-0.05, 0) is 43.4 Å². The summed E-state index contributed by atoms with van der Waals surface area (Å²) in [4.78, 5) is 21.4. The molecule has 230 valence electrons. The van der Waals surface area contributed by atoms with Crippen LogP contribution in [0, 0.1) is 5.92 Å². The normalized spacial score (nSPS) is 20.5. The Morgan fingerprint density at radius 1 is 1.05 bits per heavy atom. The summed E-state index contributed by atoms with van der Waals surface area (Å²) in [7, 11) is 3.22.